The normalized spacial score (nSPS) is 14.9. The summed E-state index contributed by atoms with van der Waals surface area (Å²) in [5, 5.41) is 20.1. The zero-order valence-electron chi connectivity index (χ0n) is 13.2. The van der Waals surface area contributed by atoms with E-state index in [1.54, 1.807) is 13.8 Å². The predicted molar refractivity (Wildman–Crippen MR) is 84.5 cm³/mol. The first-order chi connectivity index (χ1) is 10.8. The van der Waals surface area contributed by atoms with Gasteiger partial charge in [-0.25, -0.2) is 4.79 Å². The van der Waals surface area contributed by atoms with E-state index in [0.717, 1.165) is 18.9 Å². The molecule has 1 aliphatic carbocycles. The van der Waals surface area contributed by atoms with Crippen molar-refractivity contribution in [2.45, 2.75) is 45.1 Å². The van der Waals surface area contributed by atoms with Gasteiger partial charge in [0.2, 0.25) is 0 Å². The smallest absolute Gasteiger partial charge is 0.335 e. The average Bonchev–Trinajstić information content (AvgIpc) is 2.97. The number of benzene rings is 1. The highest BCUT2D eigenvalue weighted by atomic mass is 16.6. The van der Waals surface area contributed by atoms with E-state index in [-0.39, 0.29) is 17.0 Å². The molecule has 1 aromatic carbocycles. The van der Waals surface area contributed by atoms with Gasteiger partial charge in [-0.1, -0.05) is 24.7 Å². The van der Waals surface area contributed by atoms with E-state index in [1.165, 1.54) is 25.0 Å². The van der Waals surface area contributed by atoms with Crippen molar-refractivity contribution in [3.05, 3.63) is 33.9 Å². The van der Waals surface area contributed by atoms with Crippen LogP contribution in [0.1, 0.15) is 49.9 Å². The van der Waals surface area contributed by atoms with E-state index in [1.807, 2.05) is 0 Å². The lowest BCUT2D eigenvalue weighted by Gasteiger charge is -2.20. The van der Waals surface area contributed by atoms with E-state index < -0.39 is 16.5 Å². The minimum atomic E-state index is -1.17. The van der Waals surface area contributed by atoms with Gasteiger partial charge in [0.15, 0.2) is 11.4 Å². The van der Waals surface area contributed by atoms with Crippen molar-refractivity contribution in [2.75, 3.05) is 0 Å². The van der Waals surface area contributed by atoms with Crippen molar-refractivity contribution in [3.63, 3.8) is 0 Å². The van der Waals surface area contributed by atoms with Crippen LogP contribution in [0.5, 0.6) is 5.75 Å². The number of rotatable bonds is 4. The molecule has 0 heterocycles. The van der Waals surface area contributed by atoms with Crippen LogP contribution in [0, 0.1) is 27.9 Å². The van der Waals surface area contributed by atoms with Crippen molar-refractivity contribution in [3.8, 4) is 17.6 Å². The van der Waals surface area contributed by atoms with Crippen LogP contribution in [0.2, 0.25) is 0 Å². The Kier molecular flexibility index (Phi) is 4.89. The van der Waals surface area contributed by atoms with Crippen LogP contribution in [0.15, 0.2) is 18.2 Å². The molecule has 6 heteroatoms. The van der Waals surface area contributed by atoms with Gasteiger partial charge in [-0.15, -0.1) is 0 Å². The number of carbonyl (C=O) groups is 1. The molecule has 1 aromatic rings. The molecule has 0 amide bonds. The molecule has 2 rings (SSSR count). The monoisotopic (exact) mass is 317 g/mol. The molecule has 1 N–H and O–H groups in total. The van der Waals surface area contributed by atoms with Gasteiger partial charge in [-0.3, -0.25) is 10.1 Å². The molecule has 1 aliphatic rings. The third kappa shape index (κ3) is 4.46. The standard InChI is InChI=1S/C17H19NO5/c1-17(2,10-9-12-5-3-4-6-12)23-15-11-13(16(19)20)7-8-14(15)18(21)22/h7-8,11-12H,3-6H2,1-2H3,(H,19,20). The zero-order valence-corrected chi connectivity index (χ0v) is 13.2. The Bertz CT molecular complexity index is 678. The number of ether oxygens (including phenoxy) is 1. The summed E-state index contributed by atoms with van der Waals surface area (Å²) < 4.78 is 5.67. The molecule has 1 fully saturated rings. The molecule has 0 aromatic heterocycles. The molecule has 0 radical (unpaired) electrons. The van der Waals surface area contributed by atoms with Gasteiger partial charge in [0, 0.05) is 18.1 Å². The molecule has 0 aliphatic heterocycles. The molecule has 122 valence electrons. The topological polar surface area (TPSA) is 89.7 Å². The number of carboxylic acids is 1. The maximum atomic E-state index is 11.1. The number of aromatic carboxylic acids is 1. The second-order valence-electron chi connectivity index (χ2n) is 6.11. The second kappa shape index (κ2) is 6.69. The number of nitro benzene ring substituents is 1. The summed E-state index contributed by atoms with van der Waals surface area (Å²) in [7, 11) is 0. The SMILES string of the molecule is CC(C)(C#CC1CCCC1)Oc1cc(C(=O)O)ccc1[N+](=O)[O-]. The number of nitro groups is 1. The lowest BCUT2D eigenvalue weighted by Crippen LogP contribution is -2.26. The summed E-state index contributed by atoms with van der Waals surface area (Å²) in [5.74, 6) is 5.28. The fourth-order valence-electron chi connectivity index (χ4n) is 2.53. The molecule has 1 saturated carbocycles. The summed E-state index contributed by atoms with van der Waals surface area (Å²) >= 11 is 0. The van der Waals surface area contributed by atoms with Crippen molar-refractivity contribution in [2.24, 2.45) is 5.92 Å². The Balaban J connectivity index is 2.27. The third-order valence-corrected chi connectivity index (χ3v) is 3.70. The lowest BCUT2D eigenvalue weighted by molar-refractivity contribution is -0.386. The molecule has 0 unspecified atom stereocenters. The second-order valence-corrected chi connectivity index (χ2v) is 6.11. The van der Waals surface area contributed by atoms with E-state index in [2.05, 4.69) is 11.8 Å². The molecule has 0 spiro atoms. The summed E-state index contributed by atoms with van der Waals surface area (Å²) in [4.78, 5) is 21.5. The Morgan fingerprint density at radius 3 is 2.61 bits per heavy atom. The lowest BCUT2D eigenvalue weighted by atomic mass is 10.1. The highest BCUT2D eigenvalue weighted by Crippen LogP contribution is 2.31. The van der Waals surface area contributed by atoms with Crippen molar-refractivity contribution >= 4 is 11.7 Å². The molecule has 6 nitrogen and oxygen atoms in total. The third-order valence-electron chi connectivity index (χ3n) is 3.70. The van der Waals surface area contributed by atoms with Gasteiger partial charge in [-0.05, 0) is 32.8 Å². The summed E-state index contributed by atoms with van der Waals surface area (Å²) in [6, 6.07) is 3.49. The molecule has 0 atom stereocenters. The molecule has 0 saturated heterocycles. The van der Waals surface area contributed by atoms with Gasteiger partial charge >= 0.3 is 11.7 Å². The summed E-state index contributed by atoms with van der Waals surface area (Å²) in [5.41, 5.74) is -1.28. The Labute approximate surface area is 134 Å². The predicted octanol–water partition coefficient (Wildman–Crippen LogP) is 3.64. The van der Waals surface area contributed by atoms with Crippen LogP contribution in [0.3, 0.4) is 0 Å². The quantitative estimate of drug-likeness (QED) is 0.520. The van der Waals surface area contributed by atoms with Crippen molar-refractivity contribution < 1.29 is 19.6 Å². The molecular weight excluding hydrogens is 298 g/mol. The first-order valence-electron chi connectivity index (χ1n) is 7.52. The van der Waals surface area contributed by atoms with Crippen LogP contribution in [-0.2, 0) is 0 Å². The number of hydrogen-bond donors (Lipinski definition) is 1. The fraction of sp³-hybridized carbons (Fsp3) is 0.471. The van der Waals surface area contributed by atoms with Crippen LogP contribution in [-0.4, -0.2) is 21.6 Å². The molecule has 23 heavy (non-hydrogen) atoms. The van der Waals surface area contributed by atoms with Gasteiger partial charge in [0.1, 0.15) is 0 Å². The average molecular weight is 317 g/mol. The minimum absolute atomic E-state index is 0.0647. The Morgan fingerprint density at radius 1 is 1.39 bits per heavy atom. The fourth-order valence-corrected chi connectivity index (χ4v) is 2.53. The largest absolute Gasteiger partial charge is 0.478 e. The van der Waals surface area contributed by atoms with E-state index in [4.69, 9.17) is 9.84 Å². The van der Waals surface area contributed by atoms with Gasteiger partial charge in [-0.2, -0.15) is 0 Å². The first kappa shape index (κ1) is 16.8. The number of hydrogen-bond acceptors (Lipinski definition) is 4. The number of nitrogens with zero attached hydrogens (tertiary/aromatic N) is 1. The summed E-state index contributed by atoms with van der Waals surface area (Å²) in [6.07, 6.45) is 4.48. The van der Waals surface area contributed by atoms with Crippen LogP contribution in [0.4, 0.5) is 5.69 Å². The van der Waals surface area contributed by atoms with E-state index in [9.17, 15) is 14.9 Å². The highest BCUT2D eigenvalue weighted by Gasteiger charge is 2.25. The minimum Gasteiger partial charge on any atom is -0.478 e. The zero-order chi connectivity index (χ0) is 17.0. The first-order valence-corrected chi connectivity index (χ1v) is 7.52. The van der Waals surface area contributed by atoms with E-state index >= 15 is 0 Å². The van der Waals surface area contributed by atoms with Crippen LogP contribution >= 0.6 is 0 Å². The Morgan fingerprint density at radius 2 is 2.04 bits per heavy atom. The molecule has 0 bridgehead atoms. The maximum Gasteiger partial charge on any atom is 0.335 e. The Hall–Kier alpha value is -2.55. The van der Waals surface area contributed by atoms with Gasteiger partial charge in [0.25, 0.3) is 0 Å². The summed E-state index contributed by atoms with van der Waals surface area (Å²) in [6.45, 7) is 3.43. The van der Waals surface area contributed by atoms with Crippen molar-refractivity contribution in [1.29, 1.82) is 0 Å². The number of carboxylic acid groups (broad SMARTS) is 1. The molecular formula is C17H19NO5. The van der Waals surface area contributed by atoms with Crippen molar-refractivity contribution in [1.82, 2.24) is 0 Å². The van der Waals surface area contributed by atoms with Crippen LogP contribution in [0.25, 0.3) is 0 Å². The van der Waals surface area contributed by atoms with Gasteiger partial charge in [0.05, 0.1) is 10.5 Å². The van der Waals surface area contributed by atoms with E-state index in [0.29, 0.717) is 5.92 Å². The van der Waals surface area contributed by atoms with Crippen LogP contribution < -0.4 is 4.74 Å². The van der Waals surface area contributed by atoms with Gasteiger partial charge < -0.3 is 9.84 Å². The maximum absolute atomic E-state index is 11.1. The highest BCUT2D eigenvalue weighted by molar-refractivity contribution is 5.88.